The molecule has 2 rings (SSSR count). The zero-order valence-corrected chi connectivity index (χ0v) is 11.8. The highest BCUT2D eigenvalue weighted by atomic mass is 32.2. The average Bonchev–Trinajstić information content (AvgIpc) is 2.46. The third kappa shape index (κ3) is 3.63. The molecular weight excluding hydrogens is 278 g/mol. The van der Waals surface area contributed by atoms with Crippen LogP contribution in [0.5, 0.6) is 0 Å². The van der Waals surface area contributed by atoms with Crippen LogP contribution in [0.2, 0.25) is 0 Å². The van der Waals surface area contributed by atoms with Crippen molar-refractivity contribution in [1.82, 2.24) is 5.32 Å². The molecule has 1 fully saturated rings. The van der Waals surface area contributed by atoms with E-state index in [4.69, 9.17) is 5.73 Å². The maximum atomic E-state index is 12.0. The van der Waals surface area contributed by atoms with Crippen molar-refractivity contribution in [2.75, 3.05) is 18.0 Å². The van der Waals surface area contributed by atoms with Crippen molar-refractivity contribution in [3.8, 4) is 0 Å². The van der Waals surface area contributed by atoms with E-state index in [0.29, 0.717) is 11.8 Å². The smallest absolute Gasteiger partial charge is 0.292 e. The summed E-state index contributed by atoms with van der Waals surface area (Å²) in [5.41, 5.74) is 5.61. The molecule has 108 valence electrons. The number of amides is 1. The van der Waals surface area contributed by atoms with Crippen LogP contribution in [0.3, 0.4) is 0 Å². The zero-order chi connectivity index (χ0) is 14.5. The van der Waals surface area contributed by atoms with Crippen molar-refractivity contribution >= 4 is 29.0 Å². The Bertz CT molecular complexity index is 516. The van der Waals surface area contributed by atoms with Gasteiger partial charge in [0, 0.05) is 23.4 Å². The van der Waals surface area contributed by atoms with Crippen LogP contribution in [0.1, 0.15) is 29.6 Å². The molecule has 1 heterocycles. The Labute approximate surface area is 121 Å². The lowest BCUT2D eigenvalue weighted by Crippen LogP contribution is -2.31. The van der Waals surface area contributed by atoms with Crippen molar-refractivity contribution in [3.63, 3.8) is 0 Å². The minimum absolute atomic E-state index is 0.0642. The molecule has 1 unspecified atom stereocenters. The fourth-order valence-corrected chi connectivity index (χ4v) is 3.36. The number of nitrogen functional groups attached to an aromatic ring is 1. The maximum absolute atomic E-state index is 12.0. The van der Waals surface area contributed by atoms with Crippen molar-refractivity contribution in [2.24, 2.45) is 0 Å². The average molecular weight is 295 g/mol. The minimum atomic E-state index is -0.580. The van der Waals surface area contributed by atoms with Gasteiger partial charge >= 0.3 is 0 Å². The van der Waals surface area contributed by atoms with Crippen molar-refractivity contribution in [3.05, 3.63) is 33.9 Å². The second kappa shape index (κ2) is 6.60. The molecule has 1 saturated heterocycles. The Kier molecular flexibility index (Phi) is 4.84. The van der Waals surface area contributed by atoms with Gasteiger partial charge in [-0.15, -0.1) is 0 Å². The van der Waals surface area contributed by atoms with Gasteiger partial charge in [0.1, 0.15) is 5.69 Å². The first-order valence-corrected chi connectivity index (χ1v) is 7.56. The van der Waals surface area contributed by atoms with Crippen LogP contribution in [-0.4, -0.2) is 28.4 Å². The number of nitrogens with zero attached hydrogens (tertiary/aromatic N) is 1. The lowest BCUT2D eigenvalue weighted by atomic mass is 10.1. The van der Waals surface area contributed by atoms with Gasteiger partial charge in [0.2, 0.25) is 0 Å². The first-order valence-electron chi connectivity index (χ1n) is 6.51. The number of carbonyl (C=O) groups excluding carboxylic acids is 1. The van der Waals surface area contributed by atoms with Crippen LogP contribution in [0.4, 0.5) is 11.4 Å². The van der Waals surface area contributed by atoms with E-state index in [9.17, 15) is 14.9 Å². The molecule has 0 saturated carbocycles. The molecule has 1 amide bonds. The Hall–Kier alpha value is -1.76. The summed E-state index contributed by atoms with van der Waals surface area (Å²) in [4.78, 5) is 22.2. The van der Waals surface area contributed by atoms with Crippen LogP contribution in [-0.2, 0) is 0 Å². The molecule has 7 heteroatoms. The van der Waals surface area contributed by atoms with Gasteiger partial charge < -0.3 is 11.1 Å². The Balaban J connectivity index is 1.98. The number of anilines is 1. The molecule has 0 radical (unpaired) electrons. The number of nitrogens with one attached hydrogen (secondary N) is 1. The fourth-order valence-electron chi connectivity index (χ4n) is 2.12. The summed E-state index contributed by atoms with van der Waals surface area (Å²) in [6, 6.07) is 4.12. The van der Waals surface area contributed by atoms with Gasteiger partial charge in [0.25, 0.3) is 11.6 Å². The highest BCUT2D eigenvalue weighted by Gasteiger charge is 2.18. The third-order valence-corrected chi connectivity index (χ3v) is 4.65. The molecule has 1 aliphatic heterocycles. The van der Waals surface area contributed by atoms with Crippen LogP contribution in [0.15, 0.2) is 18.2 Å². The first-order chi connectivity index (χ1) is 9.58. The number of thioether (sulfide) groups is 1. The number of rotatable bonds is 4. The summed E-state index contributed by atoms with van der Waals surface area (Å²) in [7, 11) is 0. The molecule has 1 atom stereocenters. The molecule has 0 bridgehead atoms. The van der Waals surface area contributed by atoms with Gasteiger partial charge in [-0.25, -0.2) is 0 Å². The Morgan fingerprint density at radius 2 is 2.30 bits per heavy atom. The molecule has 0 aromatic heterocycles. The second-order valence-corrected chi connectivity index (χ2v) is 6.14. The van der Waals surface area contributed by atoms with Gasteiger partial charge in [0.05, 0.1) is 4.92 Å². The molecule has 20 heavy (non-hydrogen) atoms. The van der Waals surface area contributed by atoms with Crippen LogP contribution in [0, 0.1) is 10.1 Å². The summed E-state index contributed by atoms with van der Waals surface area (Å²) in [6.07, 6.45) is 3.53. The van der Waals surface area contributed by atoms with E-state index in [1.54, 1.807) is 0 Å². The maximum Gasteiger partial charge on any atom is 0.292 e. The van der Waals surface area contributed by atoms with Crippen molar-refractivity contribution in [2.45, 2.75) is 24.5 Å². The van der Waals surface area contributed by atoms with E-state index in [-0.39, 0.29) is 22.8 Å². The summed E-state index contributed by atoms with van der Waals surface area (Å²) in [5.74, 6) is 0.840. The van der Waals surface area contributed by atoms with E-state index in [1.165, 1.54) is 31.0 Å². The lowest BCUT2D eigenvalue weighted by molar-refractivity contribution is -0.383. The summed E-state index contributed by atoms with van der Waals surface area (Å²) < 4.78 is 0. The Morgan fingerprint density at radius 3 is 2.95 bits per heavy atom. The summed E-state index contributed by atoms with van der Waals surface area (Å²) >= 11 is 1.87. The van der Waals surface area contributed by atoms with E-state index >= 15 is 0 Å². The van der Waals surface area contributed by atoms with Crippen LogP contribution < -0.4 is 11.1 Å². The third-order valence-electron chi connectivity index (χ3n) is 3.25. The topological polar surface area (TPSA) is 98.3 Å². The normalized spacial score (nSPS) is 18.5. The van der Waals surface area contributed by atoms with Crippen LogP contribution in [0.25, 0.3) is 0 Å². The predicted octanol–water partition coefficient (Wildman–Crippen LogP) is 2.19. The monoisotopic (exact) mass is 295 g/mol. The lowest BCUT2D eigenvalue weighted by Gasteiger charge is -2.21. The molecule has 3 N–H and O–H groups in total. The van der Waals surface area contributed by atoms with E-state index in [1.807, 2.05) is 11.8 Å². The van der Waals surface area contributed by atoms with Gasteiger partial charge in [-0.2, -0.15) is 11.8 Å². The minimum Gasteiger partial charge on any atom is -0.393 e. The number of benzene rings is 1. The molecule has 0 aliphatic carbocycles. The fraction of sp³-hybridized carbons (Fsp3) is 0.462. The summed E-state index contributed by atoms with van der Waals surface area (Å²) in [6.45, 7) is 0.599. The molecular formula is C13H17N3O3S. The molecule has 1 aromatic rings. The Morgan fingerprint density at radius 1 is 1.50 bits per heavy atom. The SMILES string of the molecule is Nc1ccc(C(=O)NCC2CCCCS2)cc1[N+](=O)[O-]. The van der Waals surface area contributed by atoms with Gasteiger partial charge in [-0.3, -0.25) is 14.9 Å². The number of hydrogen-bond acceptors (Lipinski definition) is 5. The molecule has 6 nitrogen and oxygen atoms in total. The largest absolute Gasteiger partial charge is 0.393 e. The first kappa shape index (κ1) is 14.6. The molecule has 1 aliphatic rings. The quantitative estimate of drug-likeness (QED) is 0.504. The molecule has 1 aromatic carbocycles. The van der Waals surface area contributed by atoms with Gasteiger partial charge in [0.15, 0.2) is 0 Å². The number of nitrogens with two attached hydrogens (primary N) is 1. The number of nitro groups is 1. The van der Waals surface area contributed by atoms with Crippen molar-refractivity contribution in [1.29, 1.82) is 0 Å². The highest BCUT2D eigenvalue weighted by molar-refractivity contribution is 7.99. The van der Waals surface area contributed by atoms with E-state index < -0.39 is 4.92 Å². The predicted molar refractivity (Wildman–Crippen MR) is 79.9 cm³/mol. The number of nitro benzene ring substituents is 1. The highest BCUT2D eigenvalue weighted by Crippen LogP contribution is 2.25. The van der Waals surface area contributed by atoms with Gasteiger partial charge in [-0.1, -0.05) is 6.42 Å². The summed E-state index contributed by atoms with van der Waals surface area (Å²) in [5, 5.41) is 14.1. The van der Waals surface area contributed by atoms with Gasteiger partial charge in [-0.05, 0) is 30.7 Å². The van der Waals surface area contributed by atoms with E-state index in [2.05, 4.69) is 5.32 Å². The zero-order valence-electron chi connectivity index (χ0n) is 11.0. The van der Waals surface area contributed by atoms with Crippen LogP contribution >= 0.6 is 11.8 Å². The number of carbonyl (C=O) groups is 1. The molecule has 0 spiro atoms. The second-order valence-electron chi connectivity index (χ2n) is 4.73. The number of hydrogen-bond donors (Lipinski definition) is 2. The standard InChI is InChI=1S/C13H17N3O3S/c14-11-5-4-9(7-12(11)16(18)19)13(17)15-8-10-3-1-2-6-20-10/h4-5,7,10H,1-3,6,8,14H2,(H,15,17). The van der Waals surface area contributed by atoms with E-state index in [0.717, 1.165) is 12.2 Å². The van der Waals surface area contributed by atoms with Crippen molar-refractivity contribution < 1.29 is 9.72 Å².